The molecule has 2 N–H and O–H groups in total. The molecule has 4 nitrogen and oxygen atoms in total. The van der Waals surface area contributed by atoms with Gasteiger partial charge in [0.2, 0.25) is 0 Å². The van der Waals surface area contributed by atoms with Crippen molar-refractivity contribution in [1.29, 1.82) is 5.26 Å². The number of amides is 2. The lowest BCUT2D eigenvalue weighted by Gasteiger charge is -2.16. The van der Waals surface area contributed by atoms with Crippen molar-refractivity contribution in [3.8, 4) is 6.07 Å². The smallest absolute Gasteiger partial charge is 0.315 e. The number of hydrogen-bond acceptors (Lipinski definition) is 2. The van der Waals surface area contributed by atoms with Gasteiger partial charge in [-0.15, -0.1) is 0 Å². The fraction of sp³-hybridized carbons (Fsp3) is 0.500. The molecule has 0 spiro atoms. The highest BCUT2D eigenvalue weighted by molar-refractivity contribution is 5.74. The number of nitriles is 1. The van der Waals surface area contributed by atoms with Crippen molar-refractivity contribution in [2.75, 3.05) is 0 Å². The van der Waals surface area contributed by atoms with Gasteiger partial charge < -0.3 is 10.6 Å². The molecule has 106 valence electrons. The summed E-state index contributed by atoms with van der Waals surface area (Å²) in [6.45, 7) is 0.452. The molecule has 0 heterocycles. The topological polar surface area (TPSA) is 64.9 Å². The van der Waals surface area contributed by atoms with Crippen molar-refractivity contribution in [3.63, 3.8) is 0 Å². The summed E-state index contributed by atoms with van der Waals surface area (Å²) in [5.41, 5.74) is 1.56. The molecule has 1 fully saturated rings. The third-order valence-electron chi connectivity index (χ3n) is 3.70. The first kappa shape index (κ1) is 14.4. The first-order valence-electron chi connectivity index (χ1n) is 7.31. The van der Waals surface area contributed by atoms with Crippen molar-refractivity contribution in [2.45, 2.75) is 51.1 Å². The van der Waals surface area contributed by atoms with E-state index >= 15 is 0 Å². The molecule has 1 aliphatic rings. The van der Waals surface area contributed by atoms with E-state index in [1.54, 1.807) is 12.1 Å². The Morgan fingerprint density at radius 2 is 2.00 bits per heavy atom. The van der Waals surface area contributed by atoms with Crippen molar-refractivity contribution >= 4 is 6.03 Å². The second-order valence-corrected chi connectivity index (χ2v) is 5.33. The van der Waals surface area contributed by atoms with E-state index in [0.29, 0.717) is 18.2 Å². The third-order valence-corrected chi connectivity index (χ3v) is 3.70. The average molecular weight is 271 g/mol. The van der Waals surface area contributed by atoms with Crippen LogP contribution in [0, 0.1) is 11.3 Å². The SMILES string of the molecule is N#Cc1cccc(CNC(=O)NC2CCCCCC2)c1. The van der Waals surface area contributed by atoms with Gasteiger partial charge in [0.1, 0.15) is 0 Å². The minimum Gasteiger partial charge on any atom is -0.335 e. The summed E-state index contributed by atoms with van der Waals surface area (Å²) in [4.78, 5) is 11.9. The van der Waals surface area contributed by atoms with Crippen molar-refractivity contribution < 1.29 is 4.79 Å². The van der Waals surface area contributed by atoms with Crippen LogP contribution in [0.15, 0.2) is 24.3 Å². The van der Waals surface area contributed by atoms with Gasteiger partial charge in [0, 0.05) is 12.6 Å². The number of nitrogens with one attached hydrogen (secondary N) is 2. The lowest BCUT2D eigenvalue weighted by Crippen LogP contribution is -2.41. The Morgan fingerprint density at radius 3 is 2.70 bits per heavy atom. The van der Waals surface area contributed by atoms with Gasteiger partial charge in [-0.1, -0.05) is 37.8 Å². The van der Waals surface area contributed by atoms with Crippen LogP contribution in [0.25, 0.3) is 0 Å². The number of carbonyl (C=O) groups is 1. The van der Waals surface area contributed by atoms with Gasteiger partial charge in [0.05, 0.1) is 11.6 Å². The Morgan fingerprint density at radius 1 is 1.25 bits per heavy atom. The standard InChI is InChI=1S/C16H21N3O/c17-11-13-6-5-7-14(10-13)12-18-16(20)19-15-8-3-1-2-4-9-15/h5-7,10,15H,1-4,8-9,12H2,(H2,18,19,20). The van der Waals surface area contributed by atoms with Crippen molar-refractivity contribution in [3.05, 3.63) is 35.4 Å². The zero-order chi connectivity index (χ0) is 14.2. The van der Waals surface area contributed by atoms with Crippen LogP contribution in [0.1, 0.15) is 49.7 Å². The second kappa shape index (κ2) is 7.54. The van der Waals surface area contributed by atoms with Gasteiger partial charge in [-0.3, -0.25) is 0 Å². The summed E-state index contributed by atoms with van der Waals surface area (Å²) in [5.74, 6) is 0. The summed E-state index contributed by atoms with van der Waals surface area (Å²) in [6, 6.07) is 9.59. The van der Waals surface area contributed by atoms with Crippen molar-refractivity contribution in [2.24, 2.45) is 0 Å². The molecular formula is C16H21N3O. The molecule has 0 unspecified atom stereocenters. The maximum absolute atomic E-state index is 11.9. The van der Waals surface area contributed by atoms with E-state index in [4.69, 9.17) is 5.26 Å². The predicted molar refractivity (Wildman–Crippen MR) is 78.0 cm³/mol. The second-order valence-electron chi connectivity index (χ2n) is 5.33. The molecule has 0 aromatic heterocycles. The van der Waals surface area contributed by atoms with Gasteiger partial charge in [0.15, 0.2) is 0 Å². The third kappa shape index (κ3) is 4.58. The highest BCUT2D eigenvalue weighted by atomic mass is 16.2. The van der Waals surface area contributed by atoms with Crippen LogP contribution in [0.3, 0.4) is 0 Å². The largest absolute Gasteiger partial charge is 0.335 e. The maximum Gasteiger partial charge on any atom is 0.315 e. The van der Waals surface area contributed by atoms with E-state index in [0.717, 1.165) is 18.4 Å². The van der Waals surface area contributed by atoms with Crippen LogP contribution in [0.4, 0.5) is 4.79 Å². The number of nitrogens with zero attached hydrogens (tertiary/aromatic N) is 1. The summed E-state index contributed by atoms with van der Waals surface area (Å²) >= 11 is 0. The Labute approximate surface area is 120 Å². The Hall–Kier alpha value is -2.02. The van der Waals surface area contributed by atoms with Crippen LogP contribution in [-0.4, -0.2) is 12.1 Å². The van der Waals surface area contributed by atoms with Gasteiger partial charge in [-0.05, 0) is 30.5 Å². The molecule has 0 bridgehead atoms. The normalized spacial score (nSPS) is 15.9. The van der Waals surface area contributed by atoms with Gasteiger partial charge in [-0.2, -0.15) is 5.26 Å². The Bertz CT molecular complexity index is 485. The average Bonchev–Trinajstić information content (AvgIpc) is 2.74. The molecule has 1 saturated carbocycles. The summed E-state index contributed by atoms with van der Waals surface area (Å²) in [6.07, 6.45) is 7.13. The van der Waals surface area contributed by atoms with Crippen molar-refractivity contribution in [1.82, 2.24) is 10.6 Å². The van der Waals surface area contributed by atoms with Crippen LogP contribution < -0.4 is 10.6 Å². The van der Waals surface area contributed by atoms with E-state index in [2.05, 4.69) is 16.7 Å². The molecule has 0 atom stereocenters. The fourth-order valence-corrected chi connectivity index (χ4v) is 2.59. The van der Waals surface area contributed by atoms with E-state index in [-0.39, 0.29) is 6.03 Å². The van der Waals surface area contributed by atoms with Crippen LogP contribution in [0.5, 0.6) is 0 Å². The minimum atomic E-state index is -0.112. The maximum atomic E-state index is 11.9. The molecule has 1 aliphatic carbocycles. The molecule has 1 aromatic rings. The highest BCUT2D eigenvalue weighted by Gasteiger charge is 2.14. The molecule has 0 saturated heterocycles. The molecular weight excluding hydrogens is 250 g/mol. The highest BCUT2D eigenvalue weighted by Crippen LogP contribution is 2.17. The molecule has 2 rings (SSSR count). The molecule has 0 radical (unpaired) electrons. The molecule has 1 aromatic carbocycles. The zero-order valence-electron chi connectivity index (χ0n) is 11.7. The predicted octanol–water partition coefficient (Wildman–Crippen LogP) is 3.08. The zero-order valence-corrected chi connectivity index (χ0v) is 11.7. The van der Waals surface area contributed by atoms with Gasteiger partial charge >= 0.3 is 6.03 Å². The van der Waals surface area contributed by atoms with E-state index in [9.17, 15) is 4.79 Å². The number of carbonyl (C=O) groups excluding carboxylic acids is 1. The first-order valence-corrected chi connectivity index (χ1v) is 7.31. The van der Waals surface area contributed by atoms with Gasteiger partial charge in [0.25, 0.3) is 0 Å². The molecule has 0 aliphatic heterocycles. The number of benzene rings is 1. The Kier molecular flexibility index (Phi) is 5.43. The summed E-state index contributed by atoms with van der Waals surface area (Å²) < 4.78 is 0. The summed E-state index contributed by atoms with van der Waals surface area (Å²) in [7, 11) is 0. The first-order chi connectivity index (χ1) is 9.78. The Balaban J connectivity index is 1.78. The minimum absolute atomic E-state index is 0.112. The van der Waals surface area contributed by atoms with E-state index < -0.39 is 0 Å². The van der Waals surface area contributed by atoms with Crippen LogP contribution in [0.2, 0.25) is 0 Å². The molecule has 2 amide bonds. The lowest BCUT2D eigenvalue weighted by molar-refractivity contribution is 0.235. The quantitative estimate of drug-likeness (QED) is 0.830. The fourth-order valence-electron chi connectivity index (χ4n) is 2.59. The molecule has 4 heteroatoms. The number of rotatable bonds is 3. The van der Waals surface area contributed by atoms with E-state index in [1.807, 2.05) is 12.1 Å². The molecule has 20 heavy (non-hydrogen) atoms. The van der Waals surface area contributed by atoms with Crippen LogP contribution in [-0.2, 0) is 6.54 Å². The summed E-state index contributed by atoms with van der Waals surface area (Å²) in [5, 5.41) is 14.7. The van der Waals surface area contributed by atoms with Crippen LogP contribution >= 0.6 is 0 Å². The number of urea groups is 1. The van der Waals surface area contributed by atoms with E-state index in [1.165, 1.54) is 25.7 Å². The lowest BCUT2D eigenvalue weighted by atomic mass is 10.1. The monoisotopic (exact) mass is 271 g/mol. The number of hydrogen-bond donors (Lipinski definition) is 2. The van der Waals surface area contributed by atoms with Gasteiger partial charge in [-0.25, -0.2) is 4.79 Å².